The van der Waals surface area contributed by atoms with E-state index in [1.54, 1.807) is 25.1 Å². The van der Waals surface area contributed by atoms with Crippen molar-refractivity contribution < 1.29 is 22.7 Å². The van der Waals surface area contributed by atoms with Crippen LogP contribution >= 0.6 is 11.8 Å². The summed E-state index contributed by atoms with van der Waals surface area (Å²) < 4.78 is 43.7. The second-order valence-corrected chi connectivity index (χ2v) is 6.24. The second kappa shape index (κ2) is 7.80. The summed E-state index contributed by atoms with van der Waals surface area (Å²) in [6.07, 6.45) is -4.65. The first-order chi connectivity index (χ1) is 11.3. The van der Waals surface area contributed by atoms with Crippen molar-refractivity contribution in [3.05, 3.63) is 30.1 Å². The molecule has 0 saturated carbocycles. The summed E-state index contributed by atoms with van der Waals surface area (Å²) in [7, 11) is 1.51. The van der Waals surface area contributed by atoms with E-state index < -0.39 is 17.3 Å². The van der Waals surface area contributed by atoms with Crippen LogP contribution in [0.4, 0.5) is 13.2 Å². The number of thioether (sulfide) groups is 1. The Bertz CT molecular complexity index is 725. The minimum atomic E-state index is -4.65. The highest BCUT2D eigenvalue weighted by molar-refractivity contribution is 8.00. The van der Waals surface area contributed by atoms with Gasteiger partial charge in [0.25, 0.3) is 0 Å². The van der Waals surface area contributed by atoms with Crippen LogP contribution in [0.15, 0.2) is 29.3 Å². The highest BCUT2D eigenvalue weighted by atomic mass is 32.2. The lowest BCUT2D eigenvalue weighted by Crippen LogP contribution is -2.33. The number of nitrogens with one attached hydrogen (secondary N) is 1. The number of amides is 1. The minimum absolute atomic E-state index is 0.127. The highest BCUT2D eigenvalue weighted by Gasteiger charge is 2.35. The van der Waals surface area contributed by atoms with Gasteiger partial charge in [-0.3, -0.25) is 4.79 Å². The molecule has 0 aliphatic carbocycles. The maximum absolute atomic E-state index is 13.0. The molecule has 1 aromatic carbocycles. The summed E-state index contributed by atoms with van der Waals surface area (Å²) in [6, 6.07) is 6.41. The Labute approximate surface area is 141 Å². The van der Waals surface area contributed by atoms with E-state index in [0.717, 1.165) is 11.8 Å². The van der Waals surface area contributed by atoms with Gasteiger partial charge in [0.1, 0.15) is 5.03 Å². The fourth-order valence-corrected chi connectivity index (χ4v) is 2.87. The average molecular weight is 359 g/mol. The smallest absolute Gasteiger partial charge is 0.383 e. The van der Waals surface area contributed by atoms with Gasteiger partial charge in [0, 0.05) is 19.0 Å². The van der Waals surface area contributed by atoms with Crippen molar-refractivity contribution in [1.82, 2.24) is 15.3 Å². The van der Waals surface area contributed by atoms with E-state index in [-0.39, 0.29) is 16.4 Å². The molecule has 5 nitrogen and oxygen atoms in total. The Morgan fingerprint density at radius 3 is 2.71 bits per heavy atom. The molecule has 1 atom stereocenters. The summed E-state index contributed by atoms with van der Waals surface area (Å²) in [5.41, 5.74) is 0.189. The maximum Gasteiger partial charge on any atom is 0.451 e. The summed E-state index contributed by atoms with van der Waals surface area (Å²) in [4.78, 5) is 19.2. The van der Waals surface area contributed by atoms with Gasteiger partial charge in [0.2, 0.25) is 11.7 Å². The molecule has 130 valence electrons. The molecule has 0 fully saturated rings. The maximum atomic E-state index is 13.0. The van der Waals surface area contributed by atoms with E-state index in [1.807, 2.05) is 0 Å². The predicted molar refractivity (Wildman–Crippen MR) is 84.7 cm³/mol. The zero-order valence-corrected chi connectivity index (χ0v) is 13.9. The zero-order chi connectivity index (χ0) is 17.7. The van der Waals surface area contributed by atoms with Crippen LogP contribution in [0.25, 0.3) is 10.9 Å². The molecule has 0 saturated heterocycles. The van der Waals surface area contributed by atoms with E-state index in [4.69, 9.17) is 4.74 Å². The molecule has 24 heavy (non-hydrogen) atoms. The first-order valence-electron chi connectivity index (χ1n) is 7.10. The highest BCUT2D eigenvalue weighted by Crippen LogP contribution is 2.33. The van der Waals surface area contributed by atoms with E-state index in [0.29, 0.717) is 18.5 Å². The number of ether oxygens (including phenoxy) is 1. The van der Waals surface area contributed by atoms with Crippen LogP contribution in [-0.4, -0.2) is 41.4 Å². The van der Waals surface area contributed by atoms with Crippen LogP contribution in [0, 0.1) is 0 Å². The third-order valence-corrected chi connectivity index (χ3v) is 4.19. The Kier molecular flexibility index (Phi) is 6.00. The molecule has 2 aromatic rings. The zero-order valence-electron chi connectivity index (χ0n) is 13.1. The fourth-order valence-electron chi connectivity index (χ4n) is 1.91. The molecule has 0 bridgehead atoms. The normalized spacial score (nSPS) is 13.0. The summed E-state index contributed by atoms with van der Waals surface area (Å²) in [6.45, 7) is 2.30. The van der Waals surface area contributed by atoms with Gasteiger partial charge in [-0.25, -0.2) is 9.97 Å². The molecular weight excluding hydrogens is 343 g/mol. The Morgan fingerprint density at radius 1 is 1.33 bits per heavy atom. The predicted octanol–water partition coefficient (Wildman–Crippen LogP) is 2.89. The first kappa shape index (κ1) is 18.5. The third kappa shape index (κ3) is 4.57. The van der Waals surface area contributed by atoms with Crippen molar-refractivity contribution in [1.29, 1.82) is 0 Å². The standard InChI is InChI=1S/C15H16F3N3O2S/c1-9(12(22)19-7-8-23-2)24-13-10-5-3-4-6-11(10)20-14(21-13)15(16,17)18/h3-6,9H,7-8H2,1-2H3,(H,19,22)/t9-/m0/s1. The number of rotatable bonds is 6. The van der Waals surface area contributed by atoms with Gasteiger partial charge in [-0.2, -0.15) is 13.2 Å². The number of nitrogens with zero attached hydrogens (tertiary/aromatic N) is 2. The van der Waals surface area contributed by atoms with Crippen LogP contribution in [0.5, 0.6) is 0 Å². The number of hydrogen-bond acceptors (Lipinski definition) is 5. The molecule has 0 spiro atoms. The van der Waals surface area contributed by atoms with E-state index in [1.165, 1.54) is 13.2 Å². The molecule has 1 amide bonds. The molecule has 2 rings (SSSR count). The van der Waals surface area contributed by atoms with E-state index in [9.17, 15) is 18.0 Å². The molecule has 0 aliphatic heterocycles. The van der Waals surface area contributed by atoms with Gasteiger partial charge in [0.15, 0.2) is 0 Å². The van der Waals surface area contributed by atoms with Crippen molar-refractivity contribution in [2.24, 2.45) is 0 Å². The largest absolute Gasteiger partial charge is 0.451 e. The number of aromatic nitrogens is 2. The quantitative estimate of drug-likeness (QED) is 0.488. The number of hydrogen-bond donors (Lipinski definition) is 1. The second-order valence-electron chi connectivity index (χ2n) is 4.91. The number of para-hydroxylation sites is 1. The topological polar surface area (TPSA) is 64.1 Å². The van der Waals surface area contributed by atoms with Crippen molar-refractivity contribution in [2.45, 2.75) is 23.4 Å². The van der Waals surface area contributed by atoms with E-state index >= 15 is 0 Å². The van der Waals surface area contributed by atoms with Gasteiger partial charge in [0.05, 0.1) is 17.4 Å². The third-order valence-electron chi connectivity index (χ3n) is 3.08. The van der Waals surface area contributed by atoms with Crippen LogP contribution < -0.4 is 5.32 Å². The number of carbonyl (C=O) groups excluding carboxylic acids is 1. The number of benzene rings is 1. The first-order valence-corrected chi connectivity index (χ1v) is 7.98. The number of halogens is 3. The lowest BCUT2D eigenvalue weighted by molar-refractivity contribution is -0.145. The van der Waals surface area contributed by atoms with Gasteiger partial charge < -0.3 is 10.1 Å². The summed E-state index contributed by atoms with van der Waals surface area (Å²) in [5, 5.41) is 2.64. The Balaban J connectivity index is 2.28. The number of alkyl halides is 3. The summed E-state index contributed by atoms with van der Waals surface area (Å²) in [5.74, 6) is -1.51. The lowest BCUT2D eigenvalue weighted by Gasteiger charge is -2.14. The fraction of sp³-hybridized carbons (Fsp3) is 0.400. The number of fused-ring (bicyclic) bond motifs is 1. The van der Waals surface area contributed by atoms with Crippen LogP contribution in [0.3, 0.4) is 0 Å². The average Bonchev–Trinajstić information content (AvgIpc) is 2.54. The van der Waals surface area contributed by atoms with Crippen molar-refractivity contribution >= 4 is 28.6 Å². The molecule has 9 heteroatoms. The van der Waals surface area contributed by atoms with Crippen molar-refractivity contribution in [3.63, 3.8) is 0 Å². The molecule has 1 N–H and O–H groups in total. The van der Waals surface area contributed by atoms with Crippen molar-refractivity contribution in [3.8, 4) is 0 Å². The van der Waals surface area contributed by atoms with Gasteiger partial charge >= 0.3 is 6.18 Å². The lowest BCUT2D eigenvalue weighted by atomic mass is 10.2. The van der Waals surface area contributed by atoms with Crippen LogP contribution in [0.1, 0.15) is 12.7 Å². The van der Waals surface area contributed by atoms with Gasteiger partial charge in [-0.15, -0.1) is 0 Å². The monoisotopic (exact) mass is 359 g/mol. The van der Waals surface area contributed by atoms with Gasteiger partial charge in [-0.1, -0.05) is 30.0 Å². The minimum Gasteiger partial charge on any atom is -0.383 e. The van der Waals surface area contributed by atoms with Crippen LogP contribution in [-0.2, 0) is 15.7 Å². The molecule has 1 aromatic heterocycles. The Morgan fingerprint density at radius 2 is 2.04 bits per heavy atom. The van der Waals surface area contributed by atoms with Crippen molar-refractivity contribution in [2.75, 3.05) is 20.3 Å². The molecule has 0 unspecified atom stereocenters. The summed E-state index contributed by atoms with van der Waals surface area (Å²) >= 11 is 0.966. The molecular formula is C15H16F3N3O2S. The SMILES string of the molecule is COCCNC(=O)[C@H](C)Sc1nc(C(F)(F)F)nc2ccccc12. The van der Waals surface area contributed by atoms with Gasteiger partial charge in [-0.05, 0) is 13.0 Å². The molecule has 0 radical (unpaired) electrons. The number of carbonyl (C=O) groups is 1. The number of methoxy groups -OCH3 is 1. The molecule has 0 aliphatic rings. The van der Waals surface area contributed by atoms with Crippen LogP contribution in [0.2, 0.25) is 0 Å². The molecule has 1 heterocycles. The Hall–Kier alpha value is -1.87. The van der Waals surface area contributed by atoms with E-state index in [2.05, 4.69) is 15.3 Å².